The molecule has 1 aromatic carbocycles. The summed E-state index contributed by atoms with van der Waals surface area (Å²) in [6, 6.07) is 8.35. The van der Waals surface area contributed by atoms with Gasteiger partial charge >= 0.3 is 0 Å². The molecular formula is C16H25NOS. The van der Waals surface area contributed by atoms with E-state index in [4.69, 9.17) is 10.5 Å². The first-order valence-electron chi connectivity index (χ1n) is 7.35. The Morgan fingerprint density at radius 1 is 1.26 bits per heavy atom. The Bertz CT molecular complexity index is 360. The van der Waals surface area contributed by atoms with Crippen molar-refractivity contribution in [3.63, 3.8) is 0 Å². The number of benzene rings is 1. The van der Waals surface area contributed by atoms with Gasteiger partial charge in [0.15, 0.2) is 0 Å². The molecule has 1 atom stereocenters. The molecule has 0 heterocycles. The van der Waals surface area contributed by atoms with Crippen LogP contribution in [0.15, 0.2) is 24.3 Å². The Labute approximate surface area is 121 Å². The molecule has 0 radical (unpaired) electrons. The van der Waals surface area contributed by atoms with Gasteiger partial charge in [0.05, 0.1) is 6.61 Å². The summed E-state index contributed by atoms with van der Waals surface area (Å²) in [6.45, 7) is 2.71. The maximum Gasteiger partial charge on any atom is 0.119 e. The van der Waals surface area contributed by atoms with Gasteiger partial charge in [-0.3, -0.25) is 0 Å². The lowest BCUT2D eigenvalue weighted by molar-refractivity contribution is 0.340. The smallest absolute Gasteiger partial charge is 0.119 e. The Morgan fingerprint density at radius 3 is 2.58 bits per heavy atom. The molecule has 1 unspecified atom stereocenters. The number of ether oxygens (including phenoxy) is 1. The van der Waals surface area contributed by atoms with Gasteiger partial charge < -0.3 is 10.5 Å². The van der Waals surface area contributed by atoms with Gasteiger partial charge in [0.1, 0.15) is 5.75 Å². The average molecular weight is 279 g/mol. The summed E-state index contributed by atoms with van der Waals surface area (Å²) in [4.78, 5) is 0. The predicted molar refractivity (Wildman–Crippen MR) is 83.8 cm³/mol. The average Bonchev–Trinajstić information content (AvgIpc) is 2.93. The molecule has 2 nitrogen and oxygen atoms in total. The zero-order chi connectivity index (χ0) is 13.5. The first kappa shape index (κ1) is 14.7. The van der Waals surface area contributed by atoms with Gasteiger partial charge in [-0.05, 0) is 49.1 Å². The fourth-order valence-corrected chi connectivity index (χ4v) is 3.86. The third kappa shape index (κ3) is 4.73. The van der Waals surface area contributed by atoms with Crippen LogP contribution < -0.4 is 10.5 Å². The van der Waals surface area contributed by atoms with Crippen LogP contribution in [0.3, 0.4) is 0 Å². The molecule has 106 valence electrons. The third-order valence-electron chi connectivity index (χ3n) is 3.74. The van der Waals surface area contributed by atoms with Gasteiger partial charge in [-0.1, -0.05) is 25.0 Å². The summed E-state index contributed by atoms with van der Waals surface area (Å²) in [7, 11) is 0. The second-order valence-corrected chi connectivity index (χ2v) is 6.37. The number of hydrogen-bond acceptors (Lipinski definition) is 3. The molecule has 19 heavy (non-hydrogen) atoms. The van der Waals surface area contributed by atoms with E-state index in [0.29, 0.717) is 6.61 Å². The Hall–Kier alpha value is -0.670. The van der Waals surface area contributed by atoms with Crippen molar-refractivity contribution in [3.05, 3.63) is 29.8 Å². The summed E-state index contributed by atoms with van der Waals surface area (Å²) >= 11 is 2.01. The van der Waals surface area contributed by atoms with Crippen LogP contribution in [0.1, 0.15) is 44.2 Å². The van der Waals surface area contributed by atoms with E-state index in [-0.39, 0.29) is 6.04 Å². The van der Waals surface area contributed by atoms with Gasteiger partial charge in [-0.2, -0.15) is 11.8 Å². The number of hydrogen-bond donors (Lipinski definition) is 1. The first-order chi connectivity index (χ1) is 9.29. The quantitative estimate of drug-likeness (QED) is 0.819. The lowest BCUT2D eigenvalue weighted by Crippen LogP contribution is -2.14. The molecule has 1 aliphatic carbocycles. The largest absolute Gasteiger partial charge is 0.494 e. The predicted octanol–water partition coefficient (Wildman–Crippen LogP) is 4.01. The monoisotopic (exact) mass is 279 g/mol. The molecule has 0 spiro atoms. The molecule has 2 rings (SSSR count). The van der Waals surface area contributed by atoms with E-state index < -0.39 is 0 Å². The summed E-state index contributed by atoms with van der Waals surface area (Å²) in [5, 5.41) is 0. The SMILES string of the molecule is CCOc1ccc(C(N)CSCC2CCCC2)cc1. The summed E-state index contributed by atoms with van der Waals surface area (Å²) < 4.78 is 5.44. The summed E-state index contributed by atoms with van der Waals surface area (Å²) in [5.41, 5.74) is 7.45. The van der Waals surface area contributed by atoms with E-state index in [2.05, 4.69) is 12.1 Å². The maximum absolute atomic E-state index is 6.24. The van der Waals surface area contributed by atoms with Crippen LogP contribution in [-0.4, -0.2) is 18.1 Å². The van der Waals surface area contributed by atoms with E-state index in [1.807, 2.05) is 30.8 Å². The minimum Gasteiger partial charge on any atom is -0.494 e. The van der Waals surface area contributed by atoms with E-state index in [1.54, 1.807) is 0 Å². The van der Waals surface area contributed by atoms with Crippen molar-refractivity contribution in [2.45, 2.75) is 38.6 Å². The number of thioether (sulfide) groups is 1. The number of rotatable bonds is 7. The Balaban J connectivity index is 1.73. The van der Waals surface area contributed by atoms with Crippen molar-refractivity contribution in [2.75, 3.05) is 18.1 Å². The van der Waals surface area contributed by atoms with Crippen LogP contribution in [0.5, 0.6) is 5.75 Å². The van der Waals surface area contributed by atoms with Gasteiger partial charge in [0.25, 0.3) is 0 Å². The van der Waals surface area contributed by atoms with Crippen LogP contribution in [0.25, 0.3) is 0 Å². The molecule has 0 aromatic heterocycles. The molecule has 1 aliphatic rings. The van der Waals surface area contributed by atoms with Gasteiger partial charge in [-0.25, -0.2) is 0 Å². The third-order valence-corrected chi connectivity index (χ3v) is 5.05. The molecule has 0 aliphatic heterocycles. The highest BCUT2D eigenvalue weighted by atomic mass is 32.2. The van der Waals surface area contributed by atoms with E-state index >= 15 is 0 Å². The second kappa shape index (κ2) is 7.81. The van der Waals surface area contributed by atoms with Gasteiger partial charge in [0.2, 0.25) is 0 Å². The highest BCUT2D eigenvalue weighted by Gasteiger charge is 2.15. The molecule has 0 amide bonds. The minimum atomic E-state index is 0.141. The van der Waals surface area contributed by atoms with Crippen LogP contribution >= 0.6 is 11.8 Å². The number of nitrogens with two attached hydrogens (primary N) is 1. The standard InChI is InChI=1S/C16H25NOS/c1-2-18-15-9-7-14(8-10-15)16(17)12-19-11-13-5-3-4-6-13/h7-10,13,16H,2-6,11-12,17H2,1H3. The van der Waals surface area contributed by atoms with Crippen LogP contribution in [0.4, 0.5) is 0 Å². The fraction of sp³-hybridized carbons (Fsp3) is 0.625. The van der Waals surface area contributed by atoms with Crippen LogP contribution in [0.2, 0.25) is 0 Å². The van der Waals surface area contributed by atoms with Gasteiger partial charge in [0, 0.05) is 11.8 Å². The zero-order valence-electron chi connectivity index (χ0n) is 11.8. The Morgan fingerprint density at radius 2 is 1.95 bits per heavy atom. The van der Waals surface area contributed by atoms with E-state index in [1.165, 1.54) is 37.0 Å². The zero-order valence-corrected chi connectivity index (χ0v) is 12.6. The Kier molecular flexibility index (Phi) is 6.05. The minimum absolute atomic E-state index is 0.141. The van der Waals surface area contributed by atoms with Gasteiger partial charge in [-0.15, -0.1) is 0 Å². The molecule has 1 fully saturated rings. The maximum atomic E-state index is 6.24. The van der Waals surface area contributed by atoms with Crippen molar-refractivity contribution in [1.29, 1.82) is 0 Å². The van der Waals surface area contributed by atoms with E-state index in [0.717, 1.165) is 17.4 Å². The molecule has 2 N–H and O–H groups in total. The normalized spacial score (nSPS) is 17.6. The van der Waals surface area contributed by atoms with Crippen molar-refractivity contribution in [2.24, 2.45) is 11.7 Å². The fourth-order valence-electron chi connectivity index (χ4n) is 2.61. The lowest BCUT2D eigenvalue weighted by atomic mass is 10.1. The molecule has 0 saturated heterocycles. The molecule has 1 saturated carbocycles. The first-order valence-corrected chi connectivity index (χ1v) is 8.51. The summed E-state index contributed by atoms with van der Waals surface area (Å²) in [5.74, 6) is 4.17. The molecule has 3 heteroatoms. The summed E-state index contributed by atoms with van der Waals surface area (Å²) in [6.07, 6.45) is 5.70. The second-order valence-electron chi connectivity index (χ2n) is 5.30. The molecule has 0 bridgehead atoms. The van der Waals surface area contributed by atoms with Crippen molar-refractivity contribution >= 4 is 11.8 Å². The van der Waals surface area contributed by atoms with Crippen molar-refractivity contribution in [3.8, 4) is 5.75 Å². The highest BCUT2D eigenvalue weighted by molar-refractivity contribution is 7.99. The van der Waals surface area contributed by atoms with Crippen LogP contribution in [-0.2, 0) is 0 Å². The van der Waals surface area contributed by atoms with E-state index in [9.17, 15) is 0 Å². The van der Waals surface area contributed by atoms with Crippen molar-refractivity contribution in [1.82, 2.24) is 0 Å². The molecule has 1 aromatic rings. The highest BCUT2D eigenvalue weighted by Crippen LogP contribution is 2.29. The van der Waals surface area contributed by atoms with Crippen molar-refractivity contribution < 1.29 is 4.74 Å². The van der Waals surface area contributed by atoms with Crippen LogP contribution in [0, 0.1) is 5.92 Å². The topological polar surface area (TPSA) is 35.2 Å². The lowest BCUT2D eigenvalue weighted by Gasteiger charge is -2.14. The molecular weight excluding hydrogens is 254 g/mol.